The highest BCUT2D eigenvalue weighted by Gasteiger charge is 2.25. The maximum Gasteiger partial charge on any atom is 0.270 e. The van der Waals surface area contributed by atoms with Gasteiger partial charge in [0.2, 0.25) is 5.88 Å². The molecule has 0 unspecified atom stereocenters. The predicted molar refractivity (Wildman–Crippen MR) is 143 cm³/mol. The second kappa shape index (κ2) is 10.5. The lowest BCUT2D eigenvalue weighted by Crippen LogP contribution is -2.34. The van der Waals surface area contributed by atoms with Gasteiger partial charge in [0.1, 0.15) is 11.3 Å². The van der Waals surface area contributed by atoms with E-state index in [9.17, 15) is 22.4 Å². The number of hydrogen-bond acceptors (Lipinski definition) is 7. The number of aryl methyl sites for hydroxylation is 3. The zero-order chi connectivity index (χ0) is 27.6. The third-order valence-corrected chi connectivity index (χ3v) is 7.01. The van der Waals surface area contributed by atoms with Gasteiger partial charge in [0, 0.05) is 14.6 Å². The standard InChI is InChI=1S/C27H24FN3O6S.2H2/c1-15-12-16(2)24(17(3)13-15)37-27-19(25(32)31-38(34,35)23-6-5-11-29-26(23)33)8-10-21(30-27)18-7-9-20(28)22(14-18)36-4;;/h5-14H,1-4H3,(H,29,33)(H,31,32);2*1H. The summed E-state index contributed by atoms with van der Waals surface area (Å²) in [6.45, 7) is 5.59. The molecule has 4 rings (SSSR count). The smallest absolute Gasteiger partial charge is 0.270 e. The maximum atomic E-state index is 14.0. The van der Waals surface area contributed by atoms with Crippen LogP contribution in [0.4, 0.5) is 4.39 Å². The van der Waals surface area contributed by atoms with Crippen molar-refractivity contribution in [2.75, 3.05) is 7.11 Å². The number of benzene rings is 2. The van der Waals surface area contributed by atoms with Gasteiger partial charge in [-0.3, -0.25) is 9.59 Å². The first kappa shape index (κ1) is 26.6. The Labute approximate surface area is 221 Å². The van der Waals surface area contributed by atoms with E-state index in [0.29, 0.717) is 17.0 Å². The van der Waals surface area contributed by atoms with Crippen LogP contribution in [0.1, 0.15) is 29.9 Å². The first-order valence-electron chi connectivity index (χ1n) is 11.4. The molecule has 2 aromatic heterocycles. The summed E-state index contributed by atoms with van der Waals surface area (Å²) in [4.78, 5) is 31.3. The fraction of sp³-hybridized carbons (Fsp3) is 0.148. The molecule has 0 aliphatic rings. The quantitative estimate of drug-likeness (QED) is 0.340. The molecule has 0 saturated carbocycles. The van der Waals surface area contributed by atoms with E-state index in [2.05, 4.69) is 9.97 Å². The predicted octanol–water partition coefficient (Wildman–Crippen LogP) is 4.91. The van der Waals surface area contributed by atoms with Crippen LogP contribution in [-0.2, 0) is 10.0 Å². The SMILES string of the molecule is COc1cc(-c2ccc(C(=O)NS(=O)(=O)c3ccc[nH]c3=O)c(Oc3c(C)cc(C)cc3C)n2)ccc1F.[HH].[HH]. The molecule has 4 aromatic rings. The fourth-order valence-electron chi connectivity index (χ4n) is 3.95. The summed E-state index contributed by atoms with van der Waals surface area (Å²) in [7, 11) is -3.18. The molecule has 0 spiro atoms. The van der Waals surface area contributed by atoms with Crippen molar-refractivity contribution in [3.63, 3.8) is 0 Å². The van der Waals surface area contributed by atoms with Gasteiger partial charge in [0.05, 0.1) is 12.8 Å². The number of rotatable bonds is 7. The molecule has 0 aliphatic heterocycles. The summed E-state index contributed by atoms with van der Waals surface area (Å²) in [6, 6.07) is 13.1. The van der Waals surface area contributed by atoms with E-state index in [4.69, 9.17) is 9.47 Å². The highest BCUT2D eigenvalue weighted by Crippen LogP contribution is 2.33. The summed E-state index contributed by atoms with van der Waals surface area (Å²) in [6.07, 6.45) is 1.27. The van der Waals surface area contributed by atoms with Crippen molar-refractivity contribution in [2.24, 2.45) is 0 Å². The Kier molecular flexibility index (Phi) is 7.31. The van der Waals surface area contributed by atoms with Gasteiger partial charge in [-0.1, -0.05) is 17.7 Å². The Morgan fingerprint density at radius 1 is 1.05 bits per heavy atom. The number of amides is 1. The van der Waals surface area contributed by atoms with E-state index in [1.54, 1.807) is 0 Å². The number of pyridine rings is 2. The monoisotopic (exact) mass is 541 g/mol. The topological polar surface area (TPSA) is 127 Å². The molecule has 0 bridgehead atoms. The van der Waals surface area contributed by atoms with Crippen molar-refractivity contribution < 1.29 is 29.9 Å². The van der Waals surface area contributed by atoms with Crippen LogP contribution in [0.15, 0.2) is 70.5 Å². The number of hydrogen-bond donors (Lipinski definition) is 2. The number of aromatic nitrogens is 2. The third kappa shape index (κ3) is 5.42. The number of aromatic amines is 1. The second-order valence-electron chi connectivity index (χ2n) is 8.53. The molecule has 38 heavy (non-hydrogen) atoms. The van der Waals surface area contributed by atoms with Gasteiger partial charge in [0.15, 0.2) is 16.5 Å². The van der Waals surface area contributed by atoms with Crippen LogP contribution in [0.3, 0.4) is 0 Å². The number of carbonyl (C=O) groups excluding carboxylic acids is 1. The Bertz CT molecular complexity index is 1700. The summed E-state index contributed by atoms with van der Waals surface area (Å²) < 4.78 is 52.6. The van der Waals surface area contributed by atoms with Crippen molar-refractivity contribution in [1.29, 1.82) is 0 Å². The molecule has 2 aromatic carbocycles. The van der Waals surface area contributed by atoms with E-state index in [-0.39, 0.29) is 20.0 Å². The maximum absolute atomic E-state index is 14.0. The van der Waals surface area contributed by atoms with Crippen molar-refractivity contribution >= 4 is 15.9 Å². The Hall–Kier alpha value is -4.51. The lowest BCUT2D eigenvalue weighted by molar-refractivity contribution is 0.0978. The van der Waals surface area contributed by atoms with Crippen LogP contribution in [0.25, 0.3) is 11.3 Å². The molecule has 200 valence electrons. The van der Waals surface area contributed by atoms with Crippen molar-refractivity contribution in [2.45, 2.75) is 25.7 Å². The summed E-state index contributed by atoms with van der Waals surface area (Å²) in [5.41, 5.74) is 2.26. The van der Waals surface area contributed by atoms with E-state index in [1.807, 2.05) is 37.6 Å². The van der Waals surface area contributed by atoms with Crippen molar-refractivity contribution in [1.82, 2.24) is 14.7 Å². The number of halogens is 1. The zero-order valence-corrected chi connectivity index (χ0v) is 21.8. The Balaban J connectivity index is 0.00000280. The van der Waals surface area contributed by atoms with Crippen molar-refractivity contribution in [3.05, 3.63) is 99.2 Å². The lowest BCUT2D eigenvalue weighted by Gasteiger charge is -2.16. The molecule has 1 amide bonds. The average molecular weight is 542 g/mol. The lowest BCUT2D eigenvalue weighted by atomic mass is 10.1. The van der Waals surface area contributed by atoms with Crippen LogP contribution in [-0.4, -0.2) is 31.4 Å². The number of nitrogens with zero attached hydrogens (tertiary/aromatic N) is 1. The molecule has 0 aliphatic carbocycles. The van der Waals surface area contributed by atoms with E-state index in [1.165, 1.54) is 49.7 Å². The molecule has 2 N–H and O–H groups in total. The first-order chi connectivity index (χ1) is 18.0. The molecule has 0 fully saturated rings. The highest BCUT2D eigenvalue weighted by molar-refractivity contribution is 7.90. The number of nitrogens with one attached hydrogen (secondary N) is 2. The molecule has 2 heterocycles. The van der Waals surface area contributed by atoms with E-state index < -0.39 is 32.2 Å². The van der Waals surface area contributed by atoms with Gasteiger partial charge >= 0.3 is 0 Å². The number of ether oxygens (including phenoxy) is 2. The van der Waals surface area contributed by atoms with Crippen LogP contribution in [0.2, 0.25) is 0 Å². The Morgan fingerprint density at radius 3 is 2.42 bits per heavy atom. The van der Waals surface area contributed by atoms with Crippen LogP contribution in [0, 0.1) is 26.6 Å². The summed E-state index contributed by atoms with van der Waals surface area (Å²) in [5.74, 6) is -1.36. The van der Waals surface area contributed by atoms with Crippen molar-refractivity contribution in [3.8, 4) is 28.6 Å². The van der Waals surface area contributed by atoms with Gasteiger partial charge in [0.25, 0.3) is 21.5 Å². The van der Waals surface area contributed by atoms with E-state index >= 15 is 0 Å². The summed E-state index contributed by atoms with van der Waals surface area (Å²) >= 11 is 0. The van der Waals surface area contributed by atoms with Gasteiger partial charge in [-0.25, -0.2) is 22.5 Å². The molecule has 0 atom stereocenters. The van der Waals surface area contributed by atoms with Gasteiger partial charge in [-0.2, -0.15) is 0 Å². The Morgan fingerprint density at radius 2 is 1.76 bits per heavy atom. The third-order valence-electron chi connectivity index (χ3n) is 5.65. The first-order valence-corrected chi connectivity index (χ1v) is 12.8. The minimum Gasteiger partial charge on any atom is -0.494 e. The molecule has 0 radical (unpaired) electrons. The van der Waals surface area contributed by atoms with Gasteiger partial charge in [-0.05, 0) is 74.4 Å². The number of carbonyl (C=O) groups is 1. The van der Waals surface area contributed by atoms with Crippen LogP contribution < -0.4 is 19.8 Å². The minimum absolute atomic E-state index is 0. The number of H-pyrrole nitrogens is 1. The van der Waals surface area contributed by atoms with Gasteiger partial charge < -0.3 is 14.5 Å². The number of methoxy groups -OCH3 is 1. The molecule has 9 nitrogen and oxygen atoms in total. The van der Waals surface area contributed by atoms with Gasteiger partial charge in [-0.15, -0.1) is 0 Å². The molecule has 0 saturated heterocycles. The van der Waals surface area contributed by atoms with Crippen LogP contribution >= 0.6 is 0 Å². The largest absolute Gasteiger partial charge is 0.494 e. The minimum atomic E-state index is -4.51. The van der Waals surface area contributed by atoms with Crippen LogP contribution in [0.5, 0.6) is 17.4 Å². The fourth-order valence-corrected chi connectivity index (χ4v) is 4.97. The van der Waals surface area contributed by atoms with E-state index in [0.717, 1.165) is 22.8 Å². The molecular weight excluding hydrogens is 513 g/mol. The normalized spacial score (nSPS) is 11.2. The molecular formula is C27H28FN3O6S. The zero-order valence-electron chi connectivity index (χ0n) is 21.0. The molecule has 11 heteroatoms. The average Bonchev–Trinajstić information content (AvgIpc) is 2.86. The number of sulfonamides is 1. The second-order valence-corrected chi connectivity index (χ2v) is 10.2. The summed E-state index contributed by atoms with van der Waals surface area (Å²) in [5, 5.41) is 0. The highest BCUT2D eigenvalue weighted by atomic mass is 32.2.